The molecule has 0 spiro atoms. The van der Waals surface area contributed by atoms with Crippen LogP contribution in [0.15, 0.2) is 34.8 Å². The number of rotatable bonds is 5. The maximum atomic E-state index is 12.7. The van der Waals surface area contributed by atoms with Crippen LogP contribution in [0.5, 0.6) is 11.5 Å². The Balaban J connectivity index is 2.25. The summed E-state index contributed by atoms with van der Waals surface area (Å²) in [5, 5.41) is 0.943. The number of methoxy groups -OCH3 is 2. The summed E-state index contributed by atoms with van der Waals surface area (Å²) < 4.78 is 11.2. The first-order chi connectivity index (χ1) is 11.4. The number of nitrogens with zero attached hydrogens (tertiary/aromatic N) is 1. The van der Waals surface area contributed by atoms with Crippen LogP contribution in [-0.4, -0.2) is 32.1 Å². The molecule has 2 aromatic carbocycles. The molecular weight excluding hydrogens is 417 g/mol. The zero-order valence-corrected chi connectivity index (χ0v) is 16.5. The van der Waals surface area contributed by atoms with E-state index in [1.165, 1.54) is 14.2 Å². The molecule has 0 fully saturated rings. The Morgan fingerprint density at radius 1 is 1.08 bits per heavy atom. The largest absolute Gasteiger partial charge is 0.495 e. The minimum absolute atomic E-state index is 0.162. The van der Waals surface area contributed by atoms with Crippen molar-refractivity contribution >= 4 is 45.0 Å². The van der Waals surface area contributed by atoms with E-state index in [9.17, 15) is 4.79 Å². The van der Waals surface area contributed by atoms with Gasteiger partial charge in [-0.15, -0.1) is 0 Å². The van der Waals surface area contributed by atoms with Crippen molar-refractivity contribution < 1.29 is 14.3 Å². The maximum Gasteiger partial charge on any atom is 0.254 e. The third-order valence-corrected chi connectivity index (χ3v) is 4.96. The lowest BCUT2D eigenvalue weighted by Gasteiger charge is -2.19. The molecular formula is C17H16BrCl2NO3. The molecule has 1 amide bonds. The highest BCUT2D eigenvalue weighted by molar-refractivity contribution is 9.10. The second-order valence-corrected chi connectivity index (χ2v) is 6.71. The number of halogens is 3. The van der Waals surface area contributed by atoms with Crippen LogP contribution in [0.2, 0.25) is 10.0 Å². The van der Waals surface area contributed by atoms with Crippen LogP contribution in [-0.2, 0) is 6.54 Å². The van der Waals surface area contributed by atoms with Gasteiger partial charge in [-0.2, -0.15) is 0 Å². The van der Waals surface area contributed by atoms with Gasteiger partial charge in [0.25, 0.3) is 5.91 Å². The van der Waals surface area contributed by atoms with E-state index in [0.29, 0.717) is 38.1 Å². The van der Waals surface area contributed by atoms with Crippen molar-refractivity contribution in [3.05, 3.63) is 56.0 Å². The highest BCUT2D eigenvalue weighted by Crippen LogP contribution is 2.36. The van der Waals surface area contributed by atoms with E-state index >= 15 is 0 Å². The second kappa shape index (κ2) is 8.10. The number of hydrogen-bond donors (Lipinski definition) is 0. The molecule has 0 atom stereocenters. The number of carbonyl (C=O) groups is 1. The third-order valence-electron chi connectivity index (χ3n) is 3.44. The van der Waals surface area contributed by atoms with E-state index in [4.69, 9.17) is 32.7 Å². The monoisotopic (exact) mass is 431 g/mol. The van der Waals surface area contributed by atoms with E-state index in [0.717, 1.165) is 5.56 Å². The molecule has 0 N–H and O–H groups in total. The molecule has 0 saturated carbocycles. The van der Waals surface area contributed by atoms with Gasteiger partial charge in [0, 0.05) is 19.2 Å². The molecule has 2 rings (SSSR count). The molecule has 7 heteroatoms. The summed E-state index contributed by atoms with van der Waals surface area (Å²) in [7, 11) is 4.78. The van der Waals surface area contributed by atoms with Crippen molar-refractivity contribution in [3.63, 3.8) is 0 Å². The standard InChI is InChI=1S/C17H16BrCl2NO3/c1-21(9-10-4-5-12(19)13(20)6-10)17(22)11-7-14(23-2)16(18)15(8-11)24-3/h4-8H,9H2,1-3H3. The van der Waals surface area contributed by atoms with Crippen molar-refractivity contribution in [2.24, 2.45) is 0 Å². The average Bonchev–Trinajstić information content (AvgIpc) is 2.57. The Kier molecular flexibility index (Phi) is 6.38. The van der Waals surface area contributed by atoms with Crippen LogP contribution in [0.3, 0.4) is 0 Å². The lowest BCUT2D eigenvalue weighted by molar-refractivity contribution is 0.0784. The molecule has 0 aliphatic carbocycles. The van der Waals surface area contributed by atoms with E-state index in [-0.39, 0.29) is 5.91 Å². The molecule has 0 aliphatic heterocycles. The van der Waals surface area contributed by atoms with Gasteiger partial charge in [-0.25, -0.2) is 0 Å². The Morgan fingerprint density at radius 2 is 1.67 bits per heavy atom. The zero-order chi connectivity index (χ0) is 17.9. The van der Waals surface area contributed by atoms with E-state index in [1.54, 1.807) is 36.2 Å². The van der Waals surface area contributed by atoms with Crippen molar-refractivity contribution in [1.82, 2.24) is 4.90 Å². The van der Waals surface area contributed by atoms with Gasteiger partial charge in [0.05, 0.1) is 24.3 Å². The van der Waals surface area contributed by atoms with Crippen LogP contribution in [0, 0.1) is 0 Å². The topological polar surface area (TPSA) is 38.8 Å². The first-order valence-electron chi connectivity index (χ1n) is 6.98. The van der Waals surface area contributed by atoms with Crippen LogP contribution >= 0.6 is 39.1 Å². The van der Waals surface area contributed by atoms with Crippen molar-refractivity contribution in [2.75, 3.05) is 21.3 Å². The van der Waals surface area contributed by atoms with Gasteiger partial charge in [-0.1, -0.05) is 29.3 Å². The molecule has 0 saturated heterocycles. The van der Waals surface area contributed by atoms with Gasteiger partial charge in [-0.3, -0.25) is 4.79 Å². The number of carbonyl (C=O) groups excluding carboxylic acids is 1. The summed E-state index contributed by atoms with van der Waals surface area (Å²) in [6.45, 7) is 0.399. The summed E-state index contributed by atoms with van der Waals surface area (Å²) in [6, 6.07) is 8.63. The highest BCUT2D eigenvalue weighted by atomic mass is 79.9. The molecule has 24 heavy (non-hydrogen) atoms. The van der Waals surface area contributed by atoms with Gasteiger partial charge in [0.1, 0.15) is 16.0 Å². The Bertz CT molecular complexity index is 742. The molecule has 0 bridgehead atoms. The number of amides is 1. The molecule has 0 heterocycles. The quantitative estimate of drug-likeness (QED) is 0.663. The summed E-state index contributed by atoms with van der Waals surface area (Å²) in [4.78, 5) is 14.3. The van der Waals surface area contributed by atoms with Gasteiger partial charge in [0.2, 0.25) is 0 Å². The molecule has 0 aliphatic rings. The minimum Gasteiger partial charge on any atom is -0.495 e. The summed E-state index contributed by atoms with van der Waals surface area (Å²) in [5.41, 5.74) is 1.35. The Hall–Kier alpha value is -1.43. The SMILES string of the molecule is COc1cc(C(=O)N(C)Cc2ccc(Cl)c(Cl)c2)cc(OC)c1Br. The fourth-order valence-corrected chi connectivity index (χ4v) is 3.07. The van der Waals surface area contributed by atoms with Gasteiger partial charge < -0.3 is 14.4 Å². The van der Waals surface area contributed by atoms with Crippen LogP contribution in [0.4, 0.5) is 0 Å². The fourth-order valence-electron chi connectivity index (χ4n) is 2.20. The molecule has 0 unspecified atom stereocenters. The lowest BCUT2D eigenvalue weighted by Crippen LogP contribution is -2.26. The number of hydrogen-bond acceptors (Lipinski definition) is 3. The fraction of sp³-hybridized carbons (Fsp3) is 0.235. The molecule has 4 nitrogen and oxygen atoms in total. The predicted molar refractivity (Wildman–Crippen MR) is 99.5 cm³/mol. The van der Waals surface area contributed by atoms with Crippen LogP contribution in [0.1, 0.15) is 15.9 Å². The normalized spacial score (nSPS) is 10.4. The third kappa shape index (κ3) is 4.15. The van der Waals surface area contributed by atoms with Gasteiger partial charge in [0.15, 0.2) is 0 Å². The molecule has 0 radical (unpaired) electrons. The summed E-state index contributed by atoms with van der Waals surface area (Å²) in [6.07, 6.45) is 0. The second-order valence-electron chi connectivity index (χ2n) is 5.10. The van der Waals surface area contributed by atoms with Crippen LogP contribution < -0.4 is 9.47 Å². The Morgan fingerprint density at radius 3 is 2.17 bits per heavy atom. The van der Waals surface area contributed by atoms with Crippen LogP contribution in [0.25, 0.3) is 0 Å². The van der Waals surface area contributed by atoms with Crippen molar-refractivity contribution in [3.8, 4) is 11.5 Å². The molecule has 128 valence electrons. The number of benzene rings is 2. The zero-order valence-electron chi connectivity index (χ0n) is 13.4. The minimum atomic E-state index is -0.162. The molecule has 0 aromatic heterocycles. The van der Waals surface area contributed by atoms with Gasteiger partial charge in [-0.05, 0) is 45.8 Å². The first kappa shape index (κ1) is 18.9. The van der Waals surface area contributed by atoms with Crippen molar-refractivity contribution in [1.29, 1.82) is 0 Å². The lowest BCUT2D eigenvalue weighted by atomic mass is 10.1. The predicted octanol–water partition coefficient (Wildman–Crippen LogP) is 5.05. The maximum absolute atomic E-state index is 12.7. The van der Waals surface area contributed by atoms with E-state index in [2.05, 4.69) is 15.9 Å². The first-order valence-corrected chi connectivity index (χ1v) is 8.53. The van der Waals surface area contributed by atoms with Crippen molar-refractivity contribution in [2.45, 2.75) is 6.54 Å². The summed E-state index contributed by atoms with van der Waals surface area (Å²) >= 11 is 15.3. The average molecular weight is 433 g/mol. The van der Waals surface area contributed by atoms with E-state index in [1.807, 2.05) is 6.07 Å². The van der Waals surface area contributed by atoms with E-state index < -0.39 is 0 Å². The van der Waals surface area contributed by atoms with Gasteiger partial charge >= 0.3 is 0 Å². The smallest absolute Gasteiger partial charge is 0.254 e. The highest BCUT2D eigenvalue weighted by Gasteiger charge is 2.18. The number of ether oxygens (including phenoxy) is 2. The Labute approximate surface area is 159 Å². The molecule has 2 aromatic rings. The summed E-state index contributed by atoms with van der Waals surface area (Å²) in [5.74, 6) is 0.895.